The summed E-state index contributed by atoms with van der Waals surface area (Å²) in [7, 11) is 0. The summed E-state index contributed by atoms with van der Waals surface area (Å²) in [6.45, 7) is 7.87. The van der Waals surface area contributed by atoms with Gasteiger partial charge in [-0.05, 0) is 27.2 Å². The molecule has 0 spiro atoms. The fraction of sp³-hybridized carbons (Fsp3) is 0.909. The van der Waals surface area contributed by atoms with Crippen molar-refractivity contribution in [2.24, 2.45) is 5.73 Å². The molecular formula is C11H24N2O2. The molecule has 15 heavy (non-hydrogen) atoms. The molecular weight excluding hydrogens is 192 g/mol. The van der Waals surface area contributed by atoms with E-state index in [-0.39, 0.29) is 12.2 Å². The maximum absolute atomic E-state index is 11.5. The molecule has 0 aliphatic heterocycles. The SMILES string of the molecule is CCC(C)NCC(O)CC(=O)C(C)(C)N. The van der Waals surface area contributed by atoms with Crippen molar-refractivity contribution in [1.29, 1.82) is 0 Å². The molecule has 0 fully saturated rings. The van der Waals surface area contributed by atoms with Crippen LogP contribution in [0.25, 0.3) is 0 Å². The lowest BCUT2D eigenvalue weighted by Crippen LogP contribution is -2.44. The lowest BCUT2D eigenvalue weighted by atomic mass is 9.96. The van der Waals surface area contributed by atoms with Crippen molar-refractivity contribution in [2.45, 2.75) is 58.2 Å². The molecule has 0 aromatic heterocycles. The van der Waals surface area contributed by atoms with Gasteiger partial charge in [-0.2, -0.15) is 0 Å². The van der Waals surface area contributed by atoms with E-state index in [4.69, 9.17) is 5.73 Å². The van der Waals surface area contributed by atoms with Gasteiger partial charge in [0.25, 0.3) is 0 Å². The average Bonchev–Trinajstić information content (AvgIpc) is 2.12. The molecule has 0 aromatic rings. The number of rotatable bonds is 7. The minimum atomic E-state index is -0.850. The maximum atomic E-state index is 11.5. The van der Waals surface area contributed by atoms with Crippen LogP contribution in [0.15, 0.2) is 0 Å². The first-order valence-corrected chi connectivity index (χ1v) is 5.51. The van der Waals surface area contributed by atoms with Gasteiger partial charge in [0.2, 0.25) is 0 Å². The van der Waals surface area contributed by atoms with Crippen molar-refractivity contribution in [2.75, 3.05) is 6.54 Å². The standard InChI is InChI=1S/C11H24N2O2/c1-5-8(2)13-7-9(14)6-10(15)11(3,4)12/h8-9,13-14H,5-7,12H2,1-4H3. The minimum absolute atomic E-state index is 0.110. The van der Waals surface area contributed by atoms with E-state index in [2.05, 4.69) is 12.2 Å². The molecule has 0 saturated heterocycles. The van der Waals surface area contributed by atoms with Crippen molar-refractivity contribution in [3.8, 4) is 0 Å². The smallest absolute Gasteiger partial charge is 0.154 e. The fourth-order valence-electron chi connectivity index (χ4n) is 1.03. The monoisotopic (exact) mass is 216 g/mol. The third-order valence-corrected chi connectivity index (χ3v) is 2.45. The number of carbonyl (C=O) groups is 1. The Hall–Kier alpha value is -0.450. The van der Waals surface area contributed by atoms with Gasteiger partial charge in [-0.15, -0.1) is 0 Å². The molecule has 0 bridgehead atoms. The lowest BCUT2D eigenvalue weighted by molar-refractivity contribution is -0.125. The molecule has 2 atom stereocenters. The molecule has 0 aliphatic rings. The quantitative estimate of drug-likeness (QED) is 0.577. The van der Waals surface area contributed by atoms with Crippen LogP contribution in [0, 0.1) is 0 Å². The van der Waals surface area contributed by atoms with Crippen LogP contribution in [0.2, 0.25) is 0 Å². The topological polar surface area (TPSA) is 75.3 Å². The molecule has 0 rings (SSSR count). The number of nitrogens with one attached hydrogen (secondary N) is 1. The van der Waals surface area contributed by atoms with Gasteiger partial charge >= 0.3 is 0 Å². The van der Waals surface area contributed by atoms with Crippen molar-refractivity contribution < 1.29 is 9.90 Å². The van der Waals surface area contributed by atoms with Gasteiger partial charge in [0.1, 0.15) is 0 Å². The summed E-state index contributed by atoms with van der Waals surface area (Å²) >= 11 is 0. The second-order valence-electron chi connectivity index (χ2n) is 4.72. The number of ketones is 1. The van der Waals surface area contributed by atoms with E-state index in [0.29, 0.717) is 12.6 Å². The van der Waals surface area contributed by atoms with Crippen LogP contribution >= 0.6 is 0 Å². The Morgan fingerprint density at radius 1 is 1.53 bits per heavy atom. The van der Waals surface area contributed by atoms with Gasteiger partial charge in [0, 0.05) is 19.0 Å². The maximum Gasteiger partial charge on any atom is 0.154 e. The van der Waals surface area contributed by atoms with Crippen molar-refractivity contribution in [1.82, 2.24) is 5.32 Å². The third-order valence-electron chi connectivity index (χ3n) is 2.45. The molecule has 4 N–H and O–H groups in total. The number of Topliss-reactive ketones (excluding diaryl/α,β-unsaturated/α-hetero) is 1. The van der Waals surface area contributed by atoms with Crippen molar-refractivity contribution in [3.05, 3.63) is 0 Å². The van der Waals surface area contributed by atoms with Crippen LogP contribution in [0.5, 0.6) is 0 Å². The van der Waals surface area contributed by atoms with E-state index in [1.807, 2.05) is 6.92 Å². The van der Waals surface area contributed by atoms with Gasteiger partial charge in [-0.25, -0.2) is 0 Å². The Morgan fingerprint density at radius 2 is 2.07 bits per heavy atom. The summed E-state index contributed by atoms with van der Waals surface area (Å²) in [5.74, 6) is -0.110. The predicted octanol–water partition coefficient (Wildman–Crippen LogP) is 0.432. The summed E-state index contributed by atoms with van der Waals surface area (Å²) in [5, 5.41) is 12.7. The van der Waals surface area contributed by atoms with Gasteiger partial charge in [0.05, 0.1) is 11.6 Å². The molecule has 4 heteroatoms. The van der Waals surface area contributed by atoms with Gasteiger partial charge in [0.15, 0.2) is 5.78 Å². The average molecular weight is 216 g/mol. The Bertz CT molecular complexity index is 199. The van der Waals surface area contributed by atoms with Crippen LogP contribution in [-0.2, 0) is 4.79 Å². The minimum Gasteiger partial charge on any atom is -0.391 e. The molecule has 0 heterocycles. The highest BCUT2D eigenvalue weighted by Crippen LogP contribution is 2.05. The van der Waals surface area contributed by atoms with Crippen LogP contribution in [0.1, 0.15) is 40.5 Å². The highest BCUT2D eigenvalue weighted by molar-refractivity contribution is 5.87. The summed E-state index contributed by atoms with van der Waals surface area (Å²) in [6.07, 6.45) is 0.477. The summed E-state index contributed by atoms with van der Waals surface area (Å²) < 4.78 is 0. The van der Waals surface area contributed by atoms with E-state index < -0.39 is 11.6 Å². The normalized spacial score (nSPS) is 16.1. The van der Waals surface area contributed by atoms with E-state index in [1.54, 1.807) is 13.8 Å². The molecule has 2 unspecified atom stereocenters. The Balaban J connectivity index is 3.84. The summed E-state index contributed by atoms with van der Waals surface area (Å²) in [5.41, 5.74) is 4.78. The van der Waals surface area contributed by atoms with Gasteiger partial charge in [-0.3, -0.25) is 4.79 Å². The zero-order valence-corrected chi connectivity index (χ0v) is 10.2. The van der Waals surface area contributed by atoms with E-state index >= 15 is 0 Å². The zero-order chi connectivity index (χ0) is 12.1. The number of aliphatic hydroxyl groups excluding tert-OH is 1. The lowest BCUT2D eigenvalue weighted by Gasteiger charge is -2.20. The van der Waals surface area contributed by atoms with Gasteiger partial charge in [-0.1, -0.05) is 6.92 Å². The molecule has 90 valence electrons. The first-order valence-electron chi connectivity index (χ1n) is 5.51. The Labute approximate surface area is 92.2 Å². The molecule has 0 amide bonds. The molecule has 0 saturated carbocycles. The highest BCUT2D eigenvalue weighted by Gasteiger charge is 2.24. The molecule has 0 radical (unpaired) electrons. The Kier molecular flexibility index (Phi) is 6.02. The Morgan fingerprint density at radius 3 is 2.47 bits per heavy atom. The zero-order valence-electron chi connectivity index (χ0n) is 10.2. The number of hydrogen-bond donors (Lipinski definition) is 3. The molecule has 0 aliphatic carbocycles. The number of hydrogen-bond acceptors (Lipinski definition) is 4. The second kappa shape index (κ2) is 6.20. The molecule has 0 aromatic carbocycles. The van der Waals surface area contributed by atoms with Crippen molar-refractivity contribution >= 4 is 5.78 Å². The molecule has 4 nitrogen and oxygen atoms in total. The summed E-state index contributed by atoms with van der Waals surface area (Å²) in [4.78, 5) is 11.5. The van der Waals surface area contributed by atoms with Crippen LogP contribution in [-0.4, -0.2) is 35.1 Å². The van der Waals surface area contributed by atoms with Crippen LogP contribution < -0.4 is 11.1 Å². The van der Waals surface area contributed by atoms with Crippen molar-refractivity contribution in [3.63, 3.8) is 0 Å². The van der Waals surface area contributed by atoms with E-state index in [9.17, 15) is 9.90 Å². The first-order chi connectivity index (χ1) is 6.77. The fourth-order valence-corrected chi connectivity index (χ4v) is 1.03. The highest BCUT2D eigenvalue weighted by atomic mass is 16.3. The second-order valence-corrected chi connectivity index (χ2v) is 4.72. The van der Waals surface area contributed by atoms with Crippen LogP contribution in [0.3, 0.4) is 0 Å². The third kappa shape index (κ3) is 6.60. The summed E-state index contributed by atoms with van der Waals surface area (Å²) in [6, 6.07) is 0.362. The number of carbonyl (C=O) groups excluding carboxylic acids is 1. The predicted molar refractivity (Wildman–Crippen MR) is 61.7 cm³/mol. The van der Waals surface area contributed by atoms with E-state index in [1.165, 1.54) is 0 Å². The first kappa shape index (κ1) is 14.6. The van der Waals surface area contributed by atoms with Gasteiger partial charge < -0.3 is 16.2 Å². The van der Waals surface area contributed by atoms with E-state index in [0.717, 1.165) is 6.42 Å². The largest absolute Gasteiger partial charge is 0.391 e. The van der Waals surface area contributed by atoms with Crippen LogP contribution in [0.4, 0.5) is 0 Å². The number of aliphatic hydroxyl groups is 1. The number of nitrogens with two attached hydrogens (primary N) is 1.